The van der Waals surface area contributed by atoms with Crippen molar-refractivity contribution < 1.29 is 4.79 Å². The molecule has 4 N–H and O–H groups in total. The van der Waals surface area contributed by atoms with Gasteiger partial charge in [0.05, 0.1) is 5.56 Å². The standard InChI is InChI=1S/C23H21ClN4O/c24-18-6-5-17-14-27-22(26)20(21(17)13-18)7-4-15-2-1-3-16(12-15)23(29)28-10-8-19(25)9-11-28/h1-3,5-6,12-14,19H,8-11,25H2,(H2,26,27). The Morgan fingerprint density at radius 2 is 1.93 bits per heavy atom. The summed E-state index contributed by atoms with van der Waals surface area (Å²) in [6.45, 7) is 1.38. The zero-order valence-corrected chi connectivity index (χ0v) is 16.6. The Morgan fingerprint density at radius 1 is 1.14 bits per heavy atom. The Balaban J connectivity index is 1.64. The Kier molecular flexibility index (Phi) is 5.39. The van der Waals surface area contributed by atoms with Gasteiger partial charge in [0.2, 0.25) is 0 Å². The predicted octanol–water partition coefficient (Wildman–Crippen LogP) is 3.43. The quantitative estimate of drug-likeness (QED) is 0.608. The fourth-order valence-corrected chi connectivity index (χ4v) is 3.65. The third-order valence-electron chi connectivity index (χ3n) is 5.15. The van der Waals surface area contributed by atoms with Gasteiger partial charge in [-0.25, -0.2) is 4.98 Å². The molecule has 2 aromatic carbocycles. The van der Waals surface area contributed by atoms with Crippen molar-refractivity contribution in [3.05, 3.63) is 70.4 Å². The number of aromatic nitrogens is 1. The summed E-state index contributed by atoms with van der Waals surface area (Å²) in [5.41, 5.74) is 14.0. The van der Waals surface area contributed by atoms with Gasteiger partial charge >= 0.3 is 0 Å². The van der Waals surface area contributed by atoms with Crippen molar-refractivity contribution in [2.75, 3.05) is 18.8 Å². The van der Waals surface area contributed by atoms with Gasteiger partial charge in [0.15, 0.2) is 0 Å². The number of pyridine rings is 1. The van der Waals surface area contributed by atoms with Crippen LogP contribution >= 0.6 is 11.6 Å². The second-order valence-electron chi connectivity index (χ2n) is 7.21. The molecule has 2 heterocycles. The lowest BCUT2D eigenvalue weighted by molar-refractivity contribution is 0.0714. The number of hydrogen-bond donors (Lipinski definition) is 2. The summed E-state index contributed by atoms with van der Waals surface area (Å²) in [7, 11) is 0. The van der Waals surface area contributed by atoms with Crippen molar-refractivity contribution in [2.24, 2.45) is 5.73 Å². The van der Waals surface area contributed by atoms with E-state index in [1.165, 1.54) is 0 Å². The van der Waals surface area contributed by atoms with E-state index in [2.05, 4.69) is 16.8 Å². The van der Waals surface area contributed by atoms with Crippen molar-refractivity contribution >= 4 is 34.1 Å². The number of hydrogen-bond acceptors (Lipinski definition) is 4. The monoisotopic (exact) mass is 404 g/mol. The summed E-state index contributed by atoms with van der Waals surface area (Å²) >= 11 is 6.14. The predicted molar refractivity (Wildman–Crippen MR) is 117 cm³/mol. The molecule has 3 aromatic rings. The summed E-state index contributed by atoms with van der Waals surface area (Å²) in [6, 6.07) is 13.1. The van der Waals surface area contributed by atoms with Crippen LogP contribution < -0.4 is 11.5 Å². The first-order valence-corrected chi connectivity index (χ1v) is 9.90. The number of piperidine rings is 1. The van der Waals surface area contributed by atoms with E-state index in [-0.39, 0.29) is 11.9 Å². The topological polar surface area (TPSA) is 85.2 Å². The first-order chi connectivity index (χ1) is 14.0. The molecule has 0 saturated carbocycles. The van der Waals surface area contributed by atoms with Gasteiger partial charge in [-0.3, -0.25) is 4.79 Å². The number of benzene rings is 2. The first kappa shape index (κ1) is 19.3. The molecular formula is C23H21ClN4O. The van der Waals surface area contributed by atoms with Crippen molar-refractivity contribution in [2.45, 2.75) is 18.9 Å². The number of amides is 1. The van der Waals surface area contributed by atoms with Gasteiger partial charge in [-0.15, -0.1) is 0 Å². The number of likely N-dealkylation sites (tertiary alicyclic amines) is 1. The van der Waals surface area contributed by atoms with Crippen molar-refractivity contribution in [3.63, 3.8) is 0 Å². The Labute approximate surface area is 174 Å². The Bertz CT molecular complexity index is 1140. The van der Waals surface area contributed by atoms with Crippen molar-refractivity contribution in [3.8, 4) is 11.8 Å². The molecule has 1 fully saturated rings. The summed E-state index contributed by atoms with van der Waals surface area (Å²) in [4.78, 5) is 18.9. The first-order valence-electron chi connectivity index (χ1n) is 9.52. The van der Waals surface area contributed by atoms with Gasteiger partial charge in [-0.1, -0.05) is 35.6 Å². The summed E-state index contributed by atoms with van der Waals surface area (Å²) in [5, 5.41) is 2.38. The highest BCUT2D eigenvalue weighted by Crippen LogP contribution is 2.25. The van der Waals surface area contributed by atoms with Crippen molar-refractivity contribution in [1.29, 1.82) is 0 Å². The number of rotatable bonds is 1. The van der Waals surface area contributed by atoms with Gasteiger partial charge in [-0.2, -0.15) is 0 Å². The van der Waals surface area contributed by atoms with E-state index in [1.807, 2.05) is 47.4 Å². The van der Waals surface area contributed by atoms with Gasteiger partial charge in [0.1, 0.15) is 5.82 Å². The molecular weight excluding hydrogens is 384 g/mol. The summed E-state index contributed by atoms with van der Waals surface area (Å²) in [6.07, 6.45) is 3.37. The number of carbonyl (C=O) groups excluding carboxylic acids is 1. The van der Waals surface area contributed by atoms with Crippen LogP contribution in [0.3, 0.4) is 0 Å². The molecule has 6 heteroatoms. The molecule has 1 aromatic heterocycles. The van der Waals surface area contributed by atoms with E-state index in [4.69, 9.17) is 23.1 Å². The second kappa shape index (κ2) is 8.12. The van der Waals surface area contributed by atoms with E-state index >= 15 is 0 Å². The zero-order chi connectivity index (χ0) is 20.4. The second-order valence-corrected chi connectivity index (χ2v) is 7.65. The average Bonchev–Trinajstić information content (AvgIpc) is 2.73. The minimum Gasteiger partial charge on any atom is -0.383 e. The maximum atomic E-state index is 12.8. The molecule has 0 bridgehead atoms. The maximum Gasteiger partial charge on any atom is 0.253 e. The minimum atomic E-state index is 0.0127. The fourth-order valence-electron chi connectivity index (χ4n) is 3.48. The molecule has 1 saturated heterocycles. The largest absolute Gasteiger partial charge is 0.383 e. The van der Waals surface area contributed by atoms with Crippen LogP contribution in [0.1, 0.15) is 34.3 Å². The number of carbonyl (C=O) groups is 1. The van der Waals surface area contributed by atoms with Gasteiger partial charge in [0, 0.05) is 52.3 Å². The van der Waals surface area contributed by atoms with E-state index in [1.54, 1.807) is 6.20 Å². The minimum absolute atomic E-state index is 0.0127. The van der Waals surface area contributed by atoms with E-state index in [9.17, 15) is 4.79 Å². The van der Waals surface area contributed by atoms with E-state index in [0.717, 1.165) is 29.2 Å². The Hall–Kier alpha value is -3.07. The van der Waals surface area contributed by atoms with E-state index in [0.29, 0.717) is 35.1 Å². The highest BCUT2D eigenvalue weighted by molar-refractivity contribution is 6.31. The van der Waals surface area contributed by atoms with Crippen LogP contribution in [0.2, 0.25) is 5.02 Å². The molecule has 1 aliphatic heterocycles. The third kappa shape index (κ3) is 4.19. The highest BCUT2D eigenvalue weighted by atomic mass is 35.5. The number of nitrogen functional groups attached to an aromatic ring is 1. The molecule has 0 aliphatic carbocycles. The molecule has 29 heavy (non-hydrogen) atoms. The zero-order valence-electron chi connectivity index (χ0n) is 15.9. The molecule has 0 radical (unpaired) electrons. The number of nitrogens with two attached hydrogens (primary N) is 2. The van der Waals surface area contributed by atoms with Gasteiger partial charge in [0.25, 0.3) is 5.91 Å². The SMILES string of the molecule is Nc1ncc2ccc(Cl)cc2c1C#Cc1cccc(C(=O)N2CCC(N)CC2)c1. The normalized spacial score (nSPS) is 14.5. The van der Waals surface area contributed by atoms with Gasteiger partial charge < -0.3 is 16.4 Å². The lowest BCUT2D eigenvalue weighted by Crippen LogP contribution is -2.42. The number of fused-ring (bicyclic) bond motifs is 1. The van der Waals surface area contributed by atoms with Crippen LogP contribution in [0.5, 0.6) is 0 Å². The molecule has 0 atom stereocenters. The van der Waals surface area contributed by atoms with Crippen LogP contribution in [-0.2, 0) is 0 Å². The number of anilines is 1. The molecule has 1 aliphatic rings. The molecule has 0 spiro atoms. The Morgan fingerprint density at radius 3 is 2.72 bits per heavy atom. The third-order valence-corrected chi connectivity index (χ3v) is 5.39. The van der Waals surface area contributed by atoms with Crippen LogP contribution in [0, 0.1) is 11.8 Å². The molecule has 1 amide bonds. The van der Waals surface area contributed by atoms with Gasteiger partial charge in [-0.05, 0) is 43.2 Å². The van der Waals surface area contributed by atoms with E-state index < -0.39 is 0 Å². The van der Waals surface area contributed by atoms with Crippen LogP contribution in [0.25, 0.3) is 10.8 Å². The highest BCUT2D eigenvalue weighted by Gasteiger charge is 2.21. The average molecular weight is 405 g/mol. The summed E-state index contributed by atoms with van der Waals surface area (Å²) in [5.74, 6) is 6.59. The molecule has 0 unspecified atom stereocenters. The van der Waals surface area contributed by atoms with Crippen LogP contribution in [0.4, 0.5) is 5.82 Å². The summed E-state index contributed by atoms with van der Waals surface area (Å²) < 4.78 is 0. The maximum absolute atomic E-state index is 12.8. The molecule has 4 rings (SSSR count). The lowest BCUT2D eigenvalue weighted by atomic mass is 10.0. The fraction of sp³-hybridized carbons (Fsp3) is 0.217. The smallest absolute Gasteiger partial charge is 0.253 e. The van der Waals surface area contributed by atoms with Crippen molar-refractivity contribution in [1.82, 2.24) is 9.88 Å². The van der Waals surface area contributed by atoms with Crippen LogP contribution in [-0.4, -0.2) is 34.9 Å². The van der Waals surface area contributed by atoms with Crippen LogP contribution in [0.15, 0.2) is 48.7 Å². The number of halogens is 1. The lowest BCUT2D eigenvalue weighted by Gasteiger charge is -2.30. The molecule has 5 nitrogen and oxygen atoms in total. The number of nitrogens with zero attached hydrogens (tertiary/aromatic N) is 2. The molecule has 146 valence electrons.